The Kier molecular flexibility index (Phi) is 6.21. The first-order valence-electron chi connectivity index (χ1n) is 6.74. The van der Waals surface area contributed by atoms with Crippen molar-refractivity contribution < 1.29 is 14.3 Å². The standard InChI is InChI=1S/C16H21ClO3/c1-12(18)20-16(2,3)11-14-9-7-13(8-10-14)5-4-6-15(17)19/h7-10H,4-6,11H2,1-3H3. The predicted molar refractivity (Wildman–Crippen MR) is 79.8 cm³/mol. The molecular formula is C16H21ClO3. The summed E-state index contributed by atoms with van der Waals surface area (Å²) in [6.45, 7) is 5.21. The summed E-state index contributed by atoms with van der Waals surface area (Å²) >= 11 is 5.30. The van der Waals surface area contributed by atoms with E-state index >= 15 is 0 Å². The van der Waals surface area contributed by atoms with Crippen molar-refractivity contribution in [3.05, 3.63) is 35.4 Å². The zero-order valence-corrected chi connectivity index (χ0v) is 13.0. The molecule has 0 fully saturated rings. The molecule has 0 unspecified atom stereocenters. The molecule has 0 spiro atoms. The van der Waals surface area contributed by atoms with Crippen LogP contribution in [-0.2, 0) is 27.2 Å². The van der Waals surface area contributed by atoms with E-state index in [-0.39, 0.29) is 11.2 Å². The average Bonchev–Trinajstić information content (AvgIpc) is 2.28. The van der Waals surface area contributed by atoms with Crippen LogP contribution in [0.5, 0.6) is 0 Å². The second kappa shape index (κ2) is 7.44. The first kappa shape index (κ1) is 16.7. The largest absolute Gasteiger partial charge is 0.460 e. The average molecular weight is 297 g/mol. The van der Waals surface area contributed by atoms with Gasteiger partial charge in [-0.2, -0.15) is 0 Å². The smallest absolute Gasteiger partial charge is 0.303 e. The van der Waals surface area contributed by atoms with E-state index in [9.17, 15) is 9.59 Å². The van der Waals surface area contributed by atoms with Crippen molar-refractivity contribution in [2.24, 2.45) is 0 Å². The van der Waals surface area contributed by atoms with Crippen molar-refractivity contribution in [3.8, 4) is 0 Å². The van der Waals surface area contributed by atoms with Gasteiger partial charge in [0.1, 0.15) is 5.60 Å². The highest BCUT2D eigenvalue weighted by Crippen LogP contribution is 2.18. The van der Waals surface area contributed by atoms with Crippen molar-refractivity contribution in [1.29, 1.82) is 0 Å². The van der Waals surface area contributed by atoms with E-state index in [0.29, 0.717) is 12.8 Å². The summed E-state index contributed by atoms with van der Waals surface area (Å²) in [6, 6.07) is 8.14. The van der Waals surface area contributed by atoms with Crippen LogP contribution in [0.1, 0.15) is 44.7 Å². The van der Waals surface area contributed by atoms with Crippen molar-refractivity contribution in [2.45, 2.75) is 52.1 Å². The molecule has 4 heteroatoms. The Bertz CT molecular complexity index is 463. The van der Waals surface area contributed by atoms with Crippen LogP contribution >= 0.6 is 11.6 Å². The Morgan fingerprint density at radius 3 is 2.20 bits per heavy atom. The summed E-state index contributed by atoms with van der Waals surface area (Å²) in [5.74, 6) is -0.266. The minimum absolute atomic E-state index is 0.266. The van der Waals surface area contributed by atoms with Gasteiger partial charge in [0.05, 0.1) is 0 Å². The fraction of sp³-hybridized carbons (Fsp3) is 0.500. The molecule has 3 nitrogen and oxygen atoms in total. The monoisotopic (exact) mass is 296 g/mol. The second-order valence-corrected chi connectivity index (χ2v) is 5.98. The molecule has 0 radical (unpaired) electrons. The Labute approximate surface area is 125 Å². The first-order valence-corrected chi connectivity index (χ1v) is 7.12. The third-order valence-corrected chi connectivity index (χ3v) is 3.10. The molecule has 0 saturated carbocycles. The van der Waals surface area contributed by atoms with Crippen LogP contribution in [0.15, 0.2) is 24.3 Å². The molecule has 0 aliphatic carbocycles. The number of halogens is 1. The van der Waals surface area contributed by atoms with Gasteiger partial charge in [-0.15, -0.1) is 0 Å². The van der Waals surface area contributed by atoms with Crippen LogP contribution in [0.4, 0.5) is 0 Å². The fourth-order valence-corrected chi connectivity index (χ4v) is 2.31. The molecule has 0 aliphatic heterocycles. The highest BCUT2D eigenvalue weighted by atomic mass is 35.5. The Morgan fingerprint density at radius 1 is 1.15 bits per heavy atom. The second-order valence-electron chi connectivity index (χ2n) is 5.56. The fourth-order valence-electron chi connectivity index (χ4n) is 2.17. The lowest BCUT2D eigenvalue weighted by Crippen LogP contribution is -2.29. The molecule has 1 aromatic rings. The maximum absolute atomic E-state index is 11.0. The number of benzene rings is 1. The number of hydrogen-bond donors (Lipinski definition) is 0. The minimum atomic E-state index is -0.502. The van der Waals surface area contributed by atoms with Crippen LogP contribution in [0.2, 0.25) is 0 Å². The minimum Gasteiger partial charge on any atom is -0.460 e. The van der Waals surface area contributed by atoms with Gasteiger partial charge in [-0.05, 0) is 49.4 Å². The zero-order valence-electron chi connectivity index (χ0n) is 12.2. The number of hydrogen-bond acceptors (Lipinski definition) is 3. The van der Waals surface area contributed by atoms with Crippen molar-refractivity contribution in [3.63, 3.8) is 0 Å². The number of esters is 1. The van der Waals surface area contributed by atoms with Gasteiger partial charge in [0, 0.05) is 19.8 Å². The number of ether oxygens (including phenoxy) is 1. The van der Waals surface area contributed by atoms with E-state index in [2.05, 4.69) is 0 Å². The molecule has 0 aromatic heterocycles. The lowest BCUT2D eigenvalue weighted by atomic mass is 9.96. The molecule has 0 amide bonds. The molecule has 0 heterocycles. The molecular weight excluding hydrogens is 276 g/mol. The SMILES string of the molecule is CC(=O)OC(C)(C)Cc1ccc(CCCC(=O)Cl)cc1. The molecule has 1 aromatic carbocycles. The summed E-state index contributed by atoms with van der Waals surface area (Å²) in [7, 11) is 0. The summed E-state index contributed by atoms with van der Waals surface area (Å²) in [6.07, 6.45) is 2.68. The maximum Gasteiger partial charge on any atom is 0.303 e. The third kappa shape index (κ3) is 6.71. The van der Waals surface area contributed by atoms with E-state index in [4.69, 9.17) is 16.3 Å². The van der Waals surface area contributed by atoms with E-state index < -0.39 is 5.60 Å². The summed E-state index contributed by atoms with van der Waals surface area (Å²) in [4.78, 5) is 21.7. The molecule has 0 saturated heterocycles. The van der Waals surface area contributed by atoms with Gasteiger partial charge in [-0.3, -0.25) is 9.59 Å². The number of rotatable bonds is 7. The molecule has 20 heavy (non-hydrogen) atoms. The van der Waals surface area contributed by atoms with Crippen LogP contribution in [0, 0.1) is 0 Å². The van der Waals surface area contributed by atoms with Crippen molar-refractivity contribution in [1.82, 2.24) is 0 Å². The van der Waals surface area contributed by atoms with E-state index in [1.54, 1.807) is 0 Å². The predicted octanol–water partition coefficient (Wildman–Crippen LogP) is 3.66. The Hall–Kier alpha value is -1.35. The van der Waals surface area contributed by atoms with Crippen molar-refractivity contribution in [2.75, 3.05) is 0 Å². The number of carbonyl (C=O) groups is 2. The number of carbonyl (C=O) groups excluding carboxylic acids is 2. The van der Waals surface area contributed by atoms with E-state index in [0.717, 1.165) is 18.4 Å². The highest BCUT2D eigenvalue weighted by molar-refractivity contribution is 6.63. The van der Waals surface area contributed by atoms with Gasteiger partial charge in [0.25, 0.3) is 0 Å². The molecule has 110 valence electrons. The molecule has 1 rings (SSSR count). The van der Waals surface area contributed by atoms with Gasteiger partial charge in [-0.1, -0.05) is 24.3 Å². The normalized spacial score (nSPS) is 11.2. The van der Waals surface area contributed by atoms with Gasteiger partial charge >= 0.3 is 5.97 Å². The van der Waals surface area contributed by atoms with Crippen LogP contribution < -0.4 is 0 Å². The van der Waals surface area contributed by atoms with Gasteiger partial charge < -0.3 is 4.74 Å². The molecule has 0 N–H and O–H groups in total. The van der Waals surface area contributed by atoms with Crippen LogP contribution in [-0.4, -0.2) is 16.8 Å². The molecule has 0 atom stereocenters. The van der Waals surface area contributed by atoms with Gasteiger partial charge in [0.2, 0.25) is 5.24 Å². The quantitative estimate of drug-likeness (QED) is 0.570. The van der Waals surface area contributed by atoms with E-state index in [1.807, 2.05) is 38.1 Å². The maximum atomic E-state index is 11.0. The van der Waals surface area contributed by atoms with Crippen LogP contribution in [0.25, 0.3) is 0 Å². The lowest BCUT2D eigenvalue weighted by molar-refractivity contribution is -0.153. The molecule has 0 aliphatic rings. The lowest BCUT2D eigenvalue weighted by Gasteiger charge is -2.24. The third-order valence-electron chi connectivity index (χ3n) is 2.91. The molecule has 0 bridgehead atoms. The van der Waals surface area contributed by atoms with Gasteiger partial charge in [-0.25, -0.2) is 0 Å². The van der Waals surface area contributed by atoms with Crippen LogP contribution in [0.3, 0.4) is 0 Å². The first-order chi connectivity index (χ1) is 9.28. The summed E-state index contributed by atoms with van der Waals surface area (Å²) in [5, 5.41) is -0.287. The van der Waals surface area contributed by atoms with E-state index in [1.165, 1.54) is 12.5 Å². The van der Waals surface area contributed by atoms with Crippen molar-refractivity contribution >= 4 is 22.8 Å². The summed E-state index contributed by atoms with van der Waals surface area (Å²) < 4.78 is 5.27. The number of aryl methyl sites for hydroxylation is 1. The van der Waals surface area contributed by atoms with Gasteiger partial charge in [0.15, 0.2) is 0 Å². The summed E-state index contributed by atoms with van der Waals surface area (Å²) in [5.41, 5.74) is 1.80. The topological polar surface area (TPSA) is 43.4 Å². The zero-order chi connectivity index (χ0) is 15.2. The highest BCUT2D eigenvalue weighted by Gasteiger charge is 2.21. The Morgan fingerprint density at radius 2 is 1.70 bits per heavy atom. The Balaban J connectivity index is 2.53.